The third-order valence-electron chi connectivity index (χ3n) is 2.77. The Bertz CT molecular complexity index is 588. The molecule has 1 aliphatic rings. The summed E-state index contributed by atoms with van der Waals surface area (Å²) in [5.41, 5.74) is 1.35. The van der Waals surface area contributed by atoms with Crippen LogP contribution in [0.1, 0.15) is 10.8 Å². The molecule has 1 nitrogen and oxygen atoms in total. The van der Waals surface area contributed by atoms with E-state index in [0.29, 0.717) is 5.25 Å². The lowest BCUT2D eigenvalue weighted by Crippen LogP contribution is -1.90. The van der Waals surface area contributed by atoms with E-state index >= 15 is 0 Å². The first kappa shape index (κ1) is 13.6. The van der Waals surface area contributed by atoms with E-state index in [1.807, 2.05) is 59.2 Å². The summed E-state index contributed by atoms with van der Waals surface area (Å²) in [7, 11) is 0. The molecular weight excluding hydrogens is 311 g/mol. The molecule has 3 rings (SSSR count). The van der Waals surface area contributed by atoms with Gasteiger partial charge < -0.3 is 4.52 Å². The van der Waals surface area contributed by atoms with Crippen LogP contribution in [0.5, 0.6) is 5.75 Å². The molecule has 0 spiro atoms. The highest BCUT2D eigenvalue weighted by Crippen LogP contribution is 2.79. The summed E-state index contributed by atoms with van der Waals surface area (Å²) in [4.78, 5) is 0. The molecule has 0 N–H and O–H groups in total. The van der Waals surface area contributed by atoms with E-state index in [2.05, 4.69) is 24.3 Å². The van der Waals surface area contributed by atoms with Gasteiger partial charge in [0.15, 0.2) is 0 Å². The number of rotatable bonds is 3. The Morgan fingerprint density at radius 3 is 2.32 bits per heavy atom. The number of benzene rings is 2. The second-order valence-electron chi connectivity index (χ2n) is 4.15. The van der Waals surface area contributed by atoms with Gasteiger partial charge in [0.2, 0.25) is 4.67 Å². The van der Waals surface area contributed by atoms with E-state index < -0.39 is 4.67 Å². The summed E-state index contributed by atoms with van der Waals surface area (Å²) in [5.74, 6) is 1.93. The fourth-order valence-electron chi connectivity index (χ4n) is 1.86. The molecule has 2 aromatic carbocycles. The lowest BCUT2D eigenvalue weighted by Gasteiger charge is -2.16. The average molecular weight is 324 g/mol. The Morgan fingerprint density at radius 1 is 1.00 bits per heavy atom. The first-order chi connectivity index (χ1) is 9.25. The molecule has 0 aromatic heterocycles. The predicted octanol–water partition coefficient (Wildman–Crippen LogP) is 5.51. The molecule has 5 heteroatoms. The number of hydrogen-bond donors (Lipinski definition) is 0. The van der Waals surface area contributed by atoms with Gasteiger partial charge in [-0.05, 0) is 29.5 Å². The molecule has 0 aliphatic carbocycles. The van der Waals surface area contributed by atoms with Crippen molar-refractivity contribution >= 4 is 39.2 Å². The van der Waals surface area contributed by atoms with Crippen LogP contribution >= 0.6 is 27.4 Å². The van der Waals surface area contributed by atoms with Gasteiger partial charge in [0.25, 0.3) is 0 Å². The van der Waals surface area contributed by atoms with Gasteiger partial charge in [-0.1, -0.05) is 71.3 Å². The molecule has 19 heavy (non-hydrogen) atoms. The Balaban J connectivity index is 1.73. The summed E-state index contributed by atoms with van der Waals surface area (Å²) >= 11 is 9.38. The van der Waals surface area contributed by atoms with Crippen molar-refractivity contribution in [2.24, 2.45) is 0 Å². The van der Waals surface area contributed by atoms with Crippen molar-refractivity contribution in [2.75, 3.05) is 5.75 Å². The highest BCUT2D eigenvalue weighted by Gasteiger charge is 2.35. The van der Waals surface area contributed by atoms with Crippen LogP contribution in [0, 0.1) is 0 Å². The predicted molar refractivity (Wildman–Crippen MR) is 90.6 cm³/mol. The quantitative estimate of drug-likeness (QED) is 0.688. The van der Waals surface area contributed by atoms with Crippen LogP contribution in [0.25, 0.3) is 0 Å². The molecule has 0 unspecified atom stereocenters. The minimum atomic E-state index is -1.85. The molecule has 98 valence electrons. The van der Waals surface area contributed by atoms with E-state index in [1.54, 1.807) is 0 Å². The van der Waals surface area contributed by atoms with E-state index in [9.17, 15) is 0 Å². The molecule has 1 aliphatic heterocycles. The van der Waals surface area contributed by atoms with Crippen LogP contribution < -0.4 is 4.52 Å². The Hall–Kier alpha value is -0.410. The molecule has 0 bridgehead atoms. The fraction of sp³-hybridized carbons (Fsp3) is 0.143. The van der Waals surface area contributed by atoms with Crippen LogP contribution in [0.4, 0.5) is 0 Å². The van der Waals surface area contributed by atoms with Crippen molar-refractivity contribution in [3.63, 3.8) is 0 Å². The second kappa shape index (κ2) is 5.92. The molecule has 0 amide bonds. The summed E-state index contributed by atoms with van der Waals surface area (Å²) in [5, 5.41) is 0.459. The van der Waals surface area contributed by atoms with Crippen LogP contribution in [-0.4, -0.2) is 5.75 Å². The van der Waals surface area contributed by atoms with E-state index in [1.165, 1.54) is 5.56 Å². The maximum Gasteiger partial charge on any atom is 0.223 e. The zero-order valence-electron chi connectivity index (χ0n) is 10.1. The van der Waals surface area contributed by atoms with Crippen LogP contribution in [-0.2, 0) is 11.8 Å². The van der Waals surface area contributed by atoms with Crippen molar-refractivity contribution in [1.29, 1.82) is 0 Å². The Kier molecular flexibility index (Phi) is 4.23. The minimum Gasteiger partial charge on any atom is -0.448 e. The van der Waals surface area contributed by atoms with Crippen LogP contribution in [0.3, 0.4) is 0 Å². The van der Waals surface area contributed by atoms with Gasteiger partial charge in [-0.2, -0.15) is 0 Å². The summed E-state index contributed by atoms with van der Waals surface area (Å²) in [6, 6.07) is 20.5. The molecule has 0 radical (unpaired) electrons. The highest BCUT2D eigenvalue weighted by molar-refractivity contribution is 9.00. The Labute approximate surface area is 126 Å². The lowest BCUT2D eigenvalue weighted by atomic mass is 10.2. The average Bonchev–Trinajstić information content (AvgIpc) is 2.83. The maximum atomic E-state index is 6.07. The van der Waals surface area contributed by atoms with Crippen molar-refractivity contribution < 1.29 is 4.52 Å². The number of hydrogen-bond acceptors (Lipinski definition) is 4. The molecule has 0 saturated carbocycles. The van der Waals surface area contributed by atoms with Gasteiger partial charge in [0.05, 0.1) is 0 Å². The lowest BCUT2D eigenvalue weighted by molar-refractivity contribution is 0.638. The molecule has 2 atom stereocenters. The van der Waals surface area contributed by atoms with Crippen molar-refractivity contribution in [2.45, 2.75) is 5.25 Å². The fourth-order valence-corrected chi connectivity index (χ4v) is 11.8. The second-order valence-corrected chi connectivity index (χ2v) is 14.7. The monoisotopic (exact) mass is 324 g/mol. The van der Waals surface area contributed by atoms with Crippen molar-refractivity contribution in [3.05, 3.63) is 66.2 Å². The number of para-hydroxylation sites is 1. The standard InChI is InChI=1S/C14H13OPS3/c17-16(15-13-9-5-2-6-10-13)18-11-14(19-16)12-7-3-1-4-8-12/h1-10,14H,11H2/t14-,16-/m1/s1. The van der Waals surface area contributed by atoms with Gasteiger partial charge in [-0.3, -0.25) is 0 Å². The summed E-state index contributed by atoms with van der Waals surface area (Å²) in [6.07, 6.45) is 0. The Morgan fingerprint density at radius 2 is 1.63 bits per heavy atom. The molecule has 1 fully saturated rings. The molecule has 2 aromatic rings. The summed E-state index contributed by atoms with van der Waals surface area (Å²) in [6.45, 7) is 0. The zero-order valence-corrected chi connectivity index (χ0v) is 13.5. The van der Waals surface area contributed by atoms with Crippen molar-refractivity contribution in [1.82, 2.24) is 0 Å². The van der Waals surface area contributed by atoms with E-state index in [4.69, 9.17) is 16.3 Å². The first-order valence-electron chi connectivity index (χ1n) is 5.98. The third-order valence-corrected chi connectivity index (χ3v) is 12.2. The first-order valence-corrected chi connectivity index (χ1v) is 11.8. The normalized spacial score (nSPS) is 26.2. The van der Waals surface area contributed by atoms with Crippen LogP contribution in [0.2, 0.25) is 0 Å². The van der Waals surface area contributed by atoms with Gasteiger partial charge in [0, 0.05) is 11.0 Å². The van der Waals surface area contributed by atoms with E-state index in [-0.39, 0.29) is 0 Å². The zero-order chi connectivity index (χ0) is 13.1. The summed E-state index contributed by atoms with van der Waals surface area (Å²) < 4.78 is 4.22. The maximum absolute atomic E-state index is 6.07. The van der Waals surface area contributed by atoms with Gasteiger partial charge in [-0.25, -0.2) is 0 Å². The molecule has 1 saturated heterocycles. The minimum absolute atomic E-state index is 0.459. The van der Waals surface area contributed by atoms with Crippen LogP contribution in [0.15, 0.2) is 60.7 Å². The van der Waals surface area contributed by atoms with Gasteiger partial charge in [0.1, 0.15) is 5.75 Å². The molecular formula is C14H13OPS3. The highest BCUT2D eigenvalue weighted by atomic mass is 33.2. The topological polar surface area (TPSA) is 9.23 Å². The van der Waals surface area contributed by atoms with E-state index in [0.717, 1.165) is 11.5 Å². The van der Waals surface area contributed by atoms with Gasteiger partial charge in [-0.15, -0.1) is 0 Å². The largest absolute Gasteiger partial charge is 0.448 e. The smallest absolute Gasteiger partial charge is 0.223 e. The SMILES string of the molecule is S=[P@]1(Oc2ccccc2)SC[C@H](c2ccccc2)S1. The van der Waals surface area contributed by atoms with Gasteiger partial charge >= 0.3 is 0 Å². The molecule has 1 heterocycles. The van der Waals surface area contributed by atoms with Crippen molar-refractivity contribution in [3.8, 4) is 5.75 Å². The third kappa shape index (κ3) is 3.38.